The van der Waals surface area contributed by atoms with E-state index >= 15 is 0 Å². The third kappa shape index (κ3) is 3.00. The standard InChI is InChI=1S/C17H22FN3/c1-3-12-10-14(4-2)21(20-12)17-7-5-6-16(18)15(17)11-19-13-8-9-13/h5-7,10,13,19H,3-4,8-9,11H2,1-2H3. The van der Waals surface area contributed by atoms with E-state index in [0.717, 1.165) is 29.9 Å². The van der Waals surface area contributed by atoms with Gasteiger partial charge >= 0.3 is 0 Å². The van der Waals surface area contributed by atoms with Crippen molar-refractivity contribution in [2.75, 3.05) is 0 Å². The lowest BCUT2D eigenvalue weighted by molar-refractivity contribution is 0.581. The summed E-state index contributed by atoms with van der Waals surface area (Å²) >= 11 is 0. The molecule has 112 valence electrons. The number of benzene rings is 1. The average molecular weight is 287 g/mol. The normalized spacial score (nSPS) is 14.6. The Hall–Kier alpha value is -1.68. The molecule has 1 saturated carbocycles. The van der Waals surface area contributed by atoms with Gasteiger partial charge in [-0.1, -0.05) is 19.9 Å². The molecule has 0 radical (unpaired) electrons. The largest absolute Gasteiger partial charge is 0.310 e. The van der Waals surface area contributed by atoms with Gasteiger partial charge in [-0.05, 0) is 43.9 Å². The number of aryl methyl sites for hydroxylation is 2. The van der Waals surface area contributed by atoms with Crippen LogP contribution in [0, 0.1) is 5.82 Å². The molecule has 1 aromatic heterocycles. The van der Waals surface area contributed by atoms with Gasteiger partial charge in [-0.2, -0.15) is 5.10 Å². The van der Waals surface area contributed by atoms with E-state index in [1.807, 2.05) is 10.7 Å². The molecule has 1 heterocycles. The van der Waals surface area contributed by atoms with Crippen LogP contribution in [0.1, 0.15) is 43.6 Å². The molecule has 2 aromatic rings. The summed E-state index contributed by atoms with van der Waals surface area (Å²) in [7, 11) is 0. The van der Waals surface area contributed by atoms with Crippen molar-refractivity contribution in [3.8, 4) is 5.69 Å². The predicted octanol–water partition coefficient (Wildman–Crippen LogP) is 3.39. The maximum Gasteiger partial charge on any atom is 0.129 e. The smallest absolute Gasteiger partial charge is 0.129 e. The molecule has 1 aliphatic carbocycles. The number of nitrogens with one attached hydrogen (secondary N) is 1. The minimum Gasteiger partial charge on any atom is -0.310 e. The van der Waals surface area contributed by atoms with Crippen molar-refractivity contribution in [3.63, 3.8) is 0 Å². The van der Waals surface area contributed by atoms with Crippen molar-refractivity contribution in [2.24, 2.45) is 0 Å². The number of nitrogens with zero attached hydrogens (tertiary/aromatic N) is 2. The van der Waals surface area contributed by atoms with Crippen LogP contribution in [0.4, 0.5) is 4.39 Å². The van der Waals surface area contributed by atoms with Crippen molar-refractivity contribution >= 4 is 0 Å². The van der Waals surface area contributed by atoms with Crippen LogP contribution in [-0.4, -0.2) is 15.8 Å². The molecule has 0 aliphatic heterocycles. The van der Waals surface area contributed by atoms with Crippen LogP contribution in [0.15, 0.2) is 24.3 Å². The third-order valence-electron chi connectivity index (χ3n) is 4.03. The molecular weight excluding hydrogens is 265 g/mol. The van der Waals surface area contributed by atoms with Crippen molar-refractivity contribution in [3.05, 3.63) is 47.0 Å². The quantitative estimate of drug-likeness (QED) is 0.882. The summed E-state index contributed by atoms with van der Waals surface area (Å²) in [6.45, 7) is 4.76. The highest BCUT2D eigenvalue weighted by molar-refractivity contribution is 5.43. The summed E-state index contributed by atoms with van der Waals surface area (Å²) in [5, 5.41) is 8.04. The van der Waals surface area contributed by atoms with Gasteiger partial charge in [-0.15, -0.1) is 0 Å². The van der Waals surface area contributed by atoms with Crippen molar-refractivity contribution in [2.45, 2.75) is 52.1 Å². The Kier molecular flexibility index (Phi) is 4.06. The summed E-state index contributed by atoms with van der Waals surface area (Å²) in [5.41, 5.74) is 3.76. The molecule has 0 amide bonds. The van der Waals surface area contributed by atoms with Crippen LogP contribution in [0.5, 0.6) is 0 Å². The Morgan fingerprint density at radius 3 is 2.76 bits per heavy atom. The lowest BCUT2D eigenvalue weighted by Gasteiger charge is -2.13. The van der Waals surface area contributed by atoms with Crippen molar-refractivity contribution in [1.82, 2.24) is 15.1 Å². The van der Waals surface area contributed by atoms with Crippen LogP contribution in [0.2, 0.25) is 0 Å². The second-order valence-corrected chi connectivity index (χ2v) is 5.64. The minimum atomic E-state index is -0.156. The van der Waals surface area contributed by atoms with Crippen molar-refractivity contribution < 1.29 is 4.39 Å². The van der Waals surface area contributed by atoms with Gasteiger partial charge in [-0.25, -0.2) is 9.07 Å². The third-order valence-corrected chi connectivity index (χ3v) is 4.03. The van der Waals surface area contributed by atoms with Crippen LogP contribution in [0.3, 0.4) is 0 Å². The Bertz CT molecular complexity index is 629. The monoisotopic (exact) mass is 287 g/mol. The molecule has 0 spiro atoms. The van der Waals surface area contributed by atoms with E-state index in [0.29, 0.717) is 18.2 Å². The Labute approximate surface area is 125 Å². The van der Waals surface area contributed by atoms with Gasteiger partial charge in [0.05, 0.1) is 11.4 Å². The van der Waals surface area contributed by atoms with Gasteiger partial charge in [0.1, 0.15) is 5.82 Å². The molecule has 3 rings (SSSR count). The van der Waals surface area contributed by atoms with E-state index in [4.69, 9.17) is 0 Å². The van der Waals surface area contributed by atoms with Crippen LogP contribution < -0.4 is 5.32 Å². The SMILES string of the molecule is CCc1cc(CC)n(-c2cccc(F)c2CNC2CC2)n1. The highest BCUT2D eigenvalue weighted by Crippen LogP contribution is 2.24. The molecule has 1 N–H and O–H groups in total. The number of rotatable bonds is 6. The molecule has 21 heavy (non-hydrogen) atoms. The zero-order valence-corrected chi connectivity index (χ0v) is 12.7. The Balaban J connectivity index is 1.99. The molecule has 1 aromatic carbocycles. The van der Waals surface area contributed by atoms with E-state index in [1.54, 1.807) is 6.07 Å². The maximum atomic E-state index is 14.2. The zero-order valence-electron chi connectivity index (χ0n) is 12.7. The predicted molar refractivity (Wildman–Crippen MR) is 82.1 cm³/mol. The zero-order chi connectivity index (χ0) is 14.8. The minimum absolute atomic E-state index is 0.156. The highest BCUT2D eigenvalue weighted by Gasteiger charge is 2.22. The summed E-state index contributed by atoms with van der Waals surface area (Å²) in [4.78, 5) is 0. The van der Waals surface area contributed by atoms with Gasteiger partial charge in [0.15, 0.2) is 0 Å². The van der Waals surface area contributed by atoms with Gasteiger partial charge < -0.3 is 5.32 Å². The fourth-order valence-electron chi connectivity index (χ4n) is 2.56. The van der Waals surface area contributed by atoms with Crippen LogP contribution in [0.25, 0.3) is 5.69 Å². The van der Waals surface area contributed by atoms with E-state index in [-0.39, 0.29) is 5.82 Å². The van der Waals surface area contributed by atoms with E-state index in [2.05, 4.69) is 30.3 Å². The first-order valence-electron chi connectivity index (χ1n) is 7.81. The van der Waals surface area contributed by atoms with Gasteiger partial charge in [-0.3, -0.25) is 0 Å². The first kappa shape index (κ1) is 14.3. The fourth-order valence-corrected chi connectivity index (χ4v) is 2.56. The highest BCUT2D eigenvalue weighted by atomic mass is 19.1. The van der Waals surface area contributed by atoms with Crippen LogP contribution >= 0.6 is 0 Å². The molecule has 0 unspecified atom stereocenters. The Morgan fingerprint density at radius 2 is 2.10 bits per heavy atom. The average Bonchev–Trinajstić information content (AvgIpc) is 3.23. The van der Waals surface area contributed by atoms with Gasteiger partial charge in [0.2, 0.25) is 0 Å². The molecule has 0 saturated heterocycles. The lowest BCUT2D eigenvalue weighted by Crippen LogP contribution is -2.18. The first-order valence-corrected chi connectivity index (χ1v) is 7.81. The summed E-state index contributed by atoms with van der Waals surface area (Å²) in [5.74, 6) is -0.156. The first-order chi connectivity index (χ1) is 10.2. The number of hydrogen-bond donors (Lipinski definition) is 1. The van der Waals surface area contributed by atoms with Crippen molar-refractivity contribution in [1.29, 1.82) is 0 Å². The number of hydrogen-bond acceptors (Lipinski definition) is 2. The molecule has 3 nitrogen and oxygen atoms in total. The van der Waals surface area contributed by atoms with E-state index in [9.17, 15) is 4.39 Å². The van der Waals surface area contributed by atoms with Gasteiger partial charge in [0.25, 0.3) is 0 Å². The number of halogens is 1. The van der Waals surface area contributed by atoms with E-state index in [1.165, 1.54) is 18.9 Å². The Morgan fingerprint density at radius 1 is 1.29 bits per heavy atom. The summed E-state index contributed by atoms with van der Waals surface area (Å²) in [6, 6.07) is 7.93. The second kappa shape index (κ2) is 5.98. The maximum absolute atomic E-state index is 14.2. The topological polar surface area (TPSA) is 29.9 Å². The second-order valence-electron chi connectivity index (χ2n) is 5.64. The molecular formula is C17H22FN3. The molecule has 0 bridgehead atoms. The lowest BCUT2D eigenvalue weighted by atomic mass is 10.1. The van der Waals surface area contributed by atoms with Gasteiger partial charge in [0, 0.05) is 23.8 Å². The summed E-state index contributed by atoms with van der Waals surface area (Å²) < 4.78 is 16.2. The number of aromatic nitrogens is 2. The molecule has 1 fully saturated rings. The molecule has 4 heteroatoms. The van der Waals surface area contributed by atoms with Crippen LogP contribution in [-0.2, 0) is 19.4 Å². The van der Waals surface area contributed by atoms with E-state index < -0.39 is 0 Å². The molecule has 0 atom stereocenters. The fraction of sp³-hybridized carbons (Fsp3) is 0.471. The molecule has 1 aliphatic rings. The summed E-state index contributed by atoms with van der Waals surface area (Å²) in [6.07, 6.45) is 4.18.